The van der Waals surface area contributed by atoms with Gasteiger partial charge in [0.15, 0.2) is 0 Å². The minimum atomic E-state index is -1.00. The molecule has 1 aromatic rings. The van der Waals surface area contributed by atoms with Crippen molar-refractivity contribution in [2.75, 3.05) is 11.9 Å². The Bertz CT molecular complexity index is 345. The van der Waals surface area contributed by atoms with Crippen LogP contribution in [0, 0.1) is 0 Å². The van der Waals surface area contributed by atoms with Crippen molar-refractivity contribution in [3.63, 3.8) is 0 Å². The second-order valence-electron chi connectivity index (χ2n) is 2.63. The second-order valence-corrected chi connectivity index (χ2v) is 2.63. The maximum Gasteiger partial charge on any atom is 0.335 e. The Morgan fingerprint density at radius 1 is 1.13 bits per heavy atom. The molecule has 3 N–H and O–H groups in total. The number of carboxylic acid groups (broad SMARTS) is 2. The number of carboxylic acids is 2. The van der Waals surface area contributed by atoms with Gasteiger partial charge in [0.1, 0.15) is 6.54 Å². The number of hydrogen-bond donors (Lipinski definition) is 3. The molecule has 0 aliphatic heterocycles. The van der Waals surface area contributed by atoms with E-state index in [0.29, 0.717) is 5.69 Å². The van der Waals surface area contributed by atoms with Crippen molar-refractivity contribution in [3.8, 4) is 0 Å². The van der Waals surface area contributed by atoms with Gasteiger partial charge < -0.3 is 15.5 Å². The van der Waals surface area contributed by atoms with Crippen molar-refractivity contribution in [2.45, 2.75) is 7.43 Å². The topological polar surface area (TPSA) is 86.6 Å². The highest BCUT2D eigenvalue weighted by molar-refractivity contribution is 5.88. The molecule has 0 amide bonds. The molecule has 0 saturated heterocycles. The molecule has 0 fully saturated rings. The third-order valence-electron chi connectivity index (χ3n) is 1.58. The molecule has 1 rings (SSSR count). The van der Waals surface area contributed by atoms with Crippen LogP contribution in [0.25, 0.3) is 0 Å². The third kappa shape index (κ3) is 4.12. The van der Waals surface area contributed by atoms with E-state index in [4.69, 9.17) is 10.2 Å². The quantitative estimate of drug-likeness (QED) is 0.702. The summed E-state index contributed by atoms with van der Waals surface area (Å²) in [4.78, 5) is 20.7. The summed E-state index contributed by atoms with van der Waals surface area (Å²) in [6.07, 6.45) is 0. The van der Waals surface area contributed by atoms with Crippen LogP contribution in [0.2, 0.25) is 0 Å². The van der Waals surface area contributed by atoms with Crippen molar-refractivity contribution < 1.29 is 19.8 Å². The van der Waals surface area contributed by atoms with Crippen LogP contribution in [0.4, 0.5) is 5.69 Å². The average Bonchev–Trinajstić information content (AvgIpc) is 2.15. The predicted octanol–water partition coefficient (Wildman–Crippen LogP) is 1.52. The van der Waals surface area contributed by atoms with Gasteiger partial charge in [0.05, 0.1) is 5.56 Å². The first-order chi connectivity index (χ1) is 6.59. The van der Waals surface area contributed by atoms with E-state index in [9.17, 15) is 9.59 Å². The number of rotatable bonds is 4. The van der Waals surface area contributed by atoms with Gasteiger partial charge in [0.25, 0.3) is 0 Å². The molecule has 0 aromatic heterocycles. The lowest BCUT2D eigenvalue weighted by atomic mass is 10.2. The molecule has 0 atom stereocenters. The van der Waals surface area contributed by atoms with E-state index in [-0.39, 0.29) is 19.5 Å². The minimum absolute atomic E-state index is 0. The summed E-state index contributed by atoms with van der Waals surface area (Å²) in [5.41, 5.74) is 0.753. The molecule has 5 nitrogen and oxygen atoms in total. The average molecular weight is 211 g/mol. The zero-order chi connectivity index (χ0) is 10.6. The zero-order valence-electron chi connectivity index (χ0n) is 7.23. The number of anilines is 1. The molecule has 0 aliphatic carbocycles. The Kier molecular flexibility index (Phi) is 4.87. The van der Waals surface area contributed by atoms with Gasteiger partial charge in [-0.15, -0.1) is 0 Å². The molecule has 82 valence electrons. The van der Waals surface area contributed by atoms with Crippen LogP contribution in [0.1, 0.15) is 17.8 Å². The fraction of sp³-hybridized carbons (Fsp3) is 0.200. The Morgan fingerprint density at radius 2 is 1.67 bits per heavy atom. The van der Waals surface area contributed by atoms with Crippen LogP contribution in [0.15, 0.2) is 24.3 Å². The smallest absolute Gasteiger partial charge is 0.335 e. The highest BCUT2D eigenvalue weighted by Crippen LogP contribution is 2.08. The summed E-state index contributed by atoms with van der Waals surface area (Å²) in [6, 6.07) is 5.86. The monoisotopic (exact) mass is 211 g/mol. The number of hydrogen-bond acceptors (Lipinski definition) is 3. The molecule has 0 unspecified atom stereocenters. The van der Waals surface area contributed by atoms with E-state index >= 15 is 0 Å². The summed E-state index contributed by atoms with van der Waals surface area (Å²) in [5.74, 6) is -1.97. The lowest BCUT2D eigenvalue weighted by Crippen LogP contribution is -2.12. The van der Waals surface area contributed by atoms with Crippen molar-refractivity contribution >= 4 is 17.6 Å². The van der Waals surface area contributed by atoms with Crippen LogP contribution in [-0.4, -0.2) is 28.7 Å². The highest BCUT2D eigenvalue weighted by Gasteiger charge is 2.01. The maximum atomic E-state index is 10.5. The molecule has 0 spiro atoms. The summed E-state index contributed by atoms with van der Waals surface area (Å²) >= 11 is 0. The SMILES string of the molecule is C.O=C(O)CNc1ccc(C(=O)O)cc1. The molecule has 1 aromatic carbocycles. The van der Waals surface area contributed by atoms with Crippen LogP contribution in [0.3, 0.4) is 0 Å². The van der Waals surface area contributed by atoms with Crippen LogP contribution in [0.5, 0.6) is 0 Å². The molecule has 0 aliphatic rings. The van der Waals surface area contributed by atoms with Gasteiger partial charge in [-0.1, -0.05) is 7.43 Å². The first-order valence-electron chi connectivity index (χ1n) is 3.88. The fourth-order valence-corrected chi connectivity index (χ4v) is 0.908. The fourth-order valence-electron chi connectivity index (χ4n) is 0.908. The number of nitrogens with one attached hydrogen (secondary N) is 1. The molecule has 0 heterocycles. The number of aliphatic carboxylic acids is 1. The predicted molar refractivity (Wildman–Crippen MR) is 56.3 cm³/mol. The van der Waals surface area contributed by atoms with Gasteiger partial charge in [0.2, 0.25) is 0 Å². The van der Waals surface area contributed by atoms with Gasteiger partial charge in [-0.25, -0.2) is 4.79 Å². The summed E-state index contributed by atoms with van der Waals surface area (Å²) < 4.78 is 0. The normalized spacial score (nSPS) is 8.80. The lowest BCUT2D eigenvalue weighted by molar-refractivity contribution is -0.134. The van der Waals surface area contributed by atoms with Crippen molar-refractivity contribution in [1.29, 1.82) is 0 Å². The highest BCUT2D eigenvalue weighted by atomic mass is 16.4. The minimum Gasteiger partial charge on any atom is -0.480 e. The van der Waals surface area contributed by atoms with Gasteiger partial charge >= 0.3 is 11.9 Å². The number of carbonyl (C=O) groups is 2. The molecule has 0 bridgehead atoms. The first-order valence-corrected chi connectivity index (χ1v) is 3.88. The zero-order valence-corrected chi connectivity index (χ0v) is 7.23. The molecule has 0 saturated carbocycles. The van der Waals surface area contributed by atoms with Crippen molar-refractivity contribution in [3.05, 3.63) is 29.8 Å². The van der Waals surface area contributed by atoms with E-state index in [1.165, 1.54) is 24.3 Å². The Hall–Kier alpha value is -2.04. The summed E-state index contributed by atoms with van der Waals surface area (Å²) in [6.45, 7) is -0.188. The van der Waals surface area contributed by atoms with Gasteiger partial charge in [-0.3, -0.25) is 4.79 Å². The van der Waals surface area contributed by atoms with Crippen molar-refractivity contribution in [1.82, 2.24) is 0 Å². The molecular weight excluding hydrogens is 198 g/mol. The van der Waals surface area contributed by atoms with Gasteiger partial charge in [-0.05, 0) is 24.3 Å². The van der Waals surface area contributed by atoms with E-state index in [1.807, 2.05) is 0 Å². The summed E-state index contributed by atoms with van der Waals surface area (Å²) in [7, 11) is 0. The van der Waals surface area contributed by atoms with E-state index in [0.717, 1.165) is 0 Å². The van der Waals surface area contributed by atoms with Crippen LogP contribution < -0.4 is 5.32 Å². The van der Waals surface area contributed by atoms with E-state index in [2.05, 4.69) is 5.32 Å². The Labute approximate surface area is 87.4 Å². The lowest BCUT2D eigenvalue weighted by Gasteiger charge is -2.02. The molecular formula is C10H13NO4. The van der Waals surface area contributed by atoms with Gasteiger partial charge in [0, 0.05) is 5.69 Å². The maximum absolute atomic E-state index is 10.5. The largest absolute Gasteiger partial charge is 0.480 e. The molecule has 0 radical (unpaired) electrons. The Morgan fingerprint density at radius 3 is 2.07 bits per heavy atom. The first kappa shape index (κ1) is 13.0. The van der Waals surface area contributed by atoms with Gasteiger partial charge in [-0.2, -0.15) is 0 Å². The second kappa shape index (κ2) is 5.64. The molecule has 5 heteroatoms. The standard InChI is InChI=1S/C9H9NO4.CH4/c11-8(12)5-10-7-3-1-6(2-4-7)9(13)14;/h1-4,10H,5H2,(H,11,12)(H,13,14);1H4. The molecule has 15 heavy (non-hydrogen) atoms. The van der Waals surface area contributed by atoms with Crippen molar-refractivity contribution in [2.24, 2.45) is 0 Å². The van der Waals surface area contributed by atoms with Crippen LogP contribution in [-0.2, 0) is 4.79 Å². The third-order valence-corrected chi connectivity index (χ3v) is 1.58. The van der Waals surface area contributed by atoms with E-state index < -0.39 is 11.9 Å². The summed E-state index contributed by atoms with van der Waals surface area (Å²) in [5, 5.41) is 19.6. The van der Waals surface area contributed by atoms with Crippen LogP contribution >= 0.6 is 0 Å². The number of benzene rings is 1. The van der Waals surface area contributed by atoms with E-state index in [1.54, 1.807) is 0 Å². The Balaban J connectivity index is 0.00000196. The number of aromatic carboxylic acids is 1.